The Kier molecular flexibility index (Phi) is 4.14. The van der Waals surface area contributed by atoms with Crippen LogP contribution in [-0.2, 0) is 9.59 Å². The molecular weight excluding hydrogens is 220 g/mol. The number of nitrogens with one attached hydrogen (secondary N) is 1. The lowest BCUT2D eigenvalue weighted by Crippen LogP contribution is -2.51. The van der Waals surface area contributed by atoms with Crippen molar-refractivity contribution >= 4 is 11.9 Å². The predicted molar refractivity (Wildman–Crippen MR) is 64.3 cm³/mol. The number of carbonyl (C=O) groups excluding carboxylic acids is 1. The third kappa shape index (κ3) is 3.70. The van der Waals surface area contributed by atoms with Crippen molar-refractivity contribution in [3.8, 4) is 0 Å². The average molecular weight is 242 g/mol. The van der Waals surface area contributed by atoms with E-state index in [0.717, 1.165) is 6.42 Å². The summed E-state index contributed by atoms with van der Waals surface area (Å²) in [5.74, 6) is -1.29. The first-order valence-corrected chi connectivity index (χ1v) is 6.00. The number of rotatable bonds is 3. The number of aliphatic carboxylic acids is 1. The first-order chi connectivity index (χ1) is 7.71. The van der Waals surface area contributed by atoms with Crippen molar-refractivity contribution in [1.29, 1.82) is 0 Å². The first kappa shape index (κ1) is 14.0. The van der Waals surface area contributed by atoms with Crippen LogP contribution in [0.25, 0.3) is 0 Å². The smallest absolute Gasteiger partial charge is 0.306 e. The summed E-state index contributed by atoms with van der Waals surface area (Å²) in [6.45, 7) is 5.73. The number of hydrogen-bond donors (Lipinski definition) is 3. The number of amides is 1. The van der Waals surface area contributed by atoms with E-state index in [1.807, 2.05) is 20.8 Å². The van der Waals surface area contributed by atoms with E-state index in [-0.39, 0.29) is 23.3 Å². The average Bonchev–Trinajstić information content (AvgIpc) is 2.63. The summed E-state index contributed by atoms with van der Waals surface area (Å²) >= 11 is 0. The summed E-state index contributed by atoms with van der Waals surface area (Å²) in [7, 11) is 0. The van der Waals surface area contributed by atoms with Crippen LogP contribution < -0.4 is 11.1 Å². The van der Waals surface area contributed by atoms with Crippen molar-refractivity contribution in [1.82, 2.24) is 5.32 Å². The standard InChI is InChI=1S/C12H22N2O3/c1-12(2,3)9(13)10(15)14-8-5-4-7(6-8)11(16)17/h7-9H,4-6,13H2,1-3H3,(H,14,15)(H,16,17)/t7-,8+,9+/m1/s1. The van der Waals surface area contributed by atoms with Gasteiger partial charge in [-0.2, -0.15) is 0 Å². The molecule has 1 amide bonds. The third-order valence-corrected chi connectivity index (χ3v) is 3.34. The Morgan fingerprint density at radius 2 is 1.94 bits per heavy atom. The van der Waals surface area contributed by atoms with Crippen LogP contribution in [0.3, 0.4) is 0 Å². The lowest BCUT2D eigenvalue weighted by Gasteiger charge is -2.27. The Morgan fingerprint density at radius 1 is 1.35 bits per heavy atom. The summed E-state index contributed by atoms with van der Waals surface area (Å²) < 4.78 is 0. The van der Waals surface area contributed by atoms with Gasteiger partial charge < -0.3 is 16.2 Å². The van der Waals surface area contributed by atoms with E-state index in [1.54, 1.807) is 0 Å². The molecule has 0 spiro atoms. The van der Waals surface area contributed by atoms with Crippen LogP contribution in [0.2, 0.25) is 0 Å². The van der Waals surface area contributed by atoms with Gasteiger partial charge in [-0.25, -0.2) is 0 Å². The van der Waals surface area contributed by atoms with E-state index < -0.39 is 12.0 Å². The summed E-state index contributed by atoms with van der Waals surface area (Å²) in [5.41, 5.74) is 5.56. The van der Waals surface area contributed by atoms with Crippen molar-refractivity contribution in [3.05, 3.63) is 0 Å². The maximum Gasteiger partial charge on any atom is 0.306 e. The molecule has 3 atom stereocenters. The zero-order valence-corrected chi connectivity index (χ0v) is 10.7. The minimum atomic E-state index is -0.776. The van der Waals surface area contributed by atoms with E-state index in [0.29, 0.717) is 12.8 Å². The zero-order valence-electron chi connectivity index (χ0n) is 10.7. The van der Waals surface area contributed by atoms with Crippen molar-refractivity contribution in [2.45, 2.75) is 52.1 Å². The monoisotopic (exact) mass is 242 g/mol. The number of hydrogen-bond acceptors (Lipinski definition) is 3. The first-order valence-electron chi connectivity index (χ1n) is 6.00. The predicted octanol–water partition coefficient (Wildman–Crippen LogP) is 0.729. The van der Waals surface area contributed by atoms with E-state index in [4.69, 9.17) is 10.8 Å². The molecule has 0 radical (unpaired) electrons. The molecule has 0 aromatic rings. The SMILES string of the molecule is CC(C)(C)[C@@H](N)C(=O)N[C@H]1CC[C@@H](C(=O)O)C1. The minimum absolute atomic E-state index is 0.0444. The van der Waals surface area contributed by atoms with Gasteiger partial charge in [-0.3, -0.25) is 9.59 Å². The van der Waals surface area contributed by atoms with Gasteiger partial charge in [0.1, 0.15) is 0 Å². The van der Waals surface area contributed by atoms with Crippen molar-refractivity contribution in [3.63, 3.8) is 0 Å². The fourth-order valence-electron chi connectivity index (χ4n) is 2.02. The molecule has 0 aliphatic heterocycles. The molecule has 1 fully saturated rings. The van der Waals surface area contributed by atoms with Crippen LogP contribution in [0.15, 0.2) is 0 Å². The van der Waals surface area contributed by atoms with Gasteiger partial charge in [-0.15, -0.1) is 0 Å². The largest absolute Gasteiger partial charge is 0.481 e. The van der Waals surface area contributed by atoms with Crippen LogP contribution in [0.5, 0.6) is 0 Å². The zero-order chi connectivity index (χ0) is 13.2. The Labute approximate surface area is 102 Å². The van der Waals surface area contributed by atoms with Gasteiger partial charge in [0, 0.05) is 6.04 Å². The second-order valence-electron chi connectivity index (χ2n) is 5.90. The van der Waals surface area contributed by atoms with E-state index >= 15 is 0 Å². The van der Waals surface area contributed by atoms with Gasteiger partial charge in [0.15, 0.2) is 0 Å². The Hall–Kier alpha value is -1.10. The van der Waals surface area contributed by atoms with Crippen molar-refractivity contribution in [2.75, 3.05) is 0 Å². The molecule has 1 aliphatic rings. The molecule has 4 N–H and O–H groups in total. The summed E-state index contributed by atoms with van der Waals surface area (Å²) in [4.78, 5) is 22.6. The highest BCUT2D eigenvalue weighted by Crippen LogP contribution is 2.26. The highest BCUT2D eigenvalue weighted by molar-refractivity contribution is 5.82. The van der Waals surface area contributed by atoms with E-state index in [1.165, 1.54) is 0 Å². The van der Waals surface area contributed by atoms with Gasteiger partial charge in [0.2, 0.25) is 5.91 Å². The number of carboxylic acids is 1. The van der Waals surface area contributed by atoms with Crippen molar-refractivity contribution in [2.24, 2.45) is 17.1 Å². The second kappa shape index (κ2) is 5.04. The highest BCUT2D eigenvalue weighted by Gasteiger charge is 2.33. The number of carboxylic acid groups (broad SMARTS) is 1. The fraction of sp³-hybridized carbons (Fsp3) is 0.833. The molecule has 0 aromatic carbocycles. The normalized spacial score (nSPS) is 26.6. The van der Waals surface area contributed by atoms with Crippen LogP contribution in [0, 0.1) is 11.3 Å². The second-order valence-corrected chi connectivity index (χ2v) is 5.90. The Balaban J connectivity index is 2.46. The van der Waals surface area contributed by atoms with Gasteiger partial charge in [-0.1, -0.05) is 20.8 Å². The summed E-state index contributed by atoms with van der Waals surface area (Å²) in [6, 6.07) is -0.608. The lowest BCUT2D eigenvalue weighted by atomic mass is 9.87. The number of carbonyl (C=O) groups is 2. The lowest BCUT2D eigenvalue weighted by molar-refractivity contribution is -0.141. The molecule has 1 saturated carbocycles. The molecule has 17 heavy (non-hydrogen) atoms. The van der Waals surface area contributed by atoms with Gasteiger partial charge in [-0.05, 0) is 24.7 Å². The molecule has 0 unspecified atom stereocenters. The summed E-state index contributed by atoms with van der Waals surface area (Å²) in [5, 5.41) is 11.7. The molecule has 98 valence electrons. The minimum Gasteiger partial charge on any atom is -0.481 e. The molecule has 5 heteroatoms. The van der Waals surface area contributed by atoms with Crippen LogP contribution in [-0.4, -0.2) is 29.1 Å². The topological polar surface area (TPSA) is 92.4 Å². The maximum atomic E-state index is 11.8. The molecule has 0 aromatic heterocycles. The molecule has 0 saturated heterocycles. The number of nitrogens with two attached hydrogens (primary N) is 1. The summed E-state index contributed by atoms with van der Waals surface area (Å²) in [6.07, 6.45) is 1.86. The molecule has 0 heterocycles. The van der Waals surface area contributed by atoms with E-state index in [9.17, 15) is 9.59 Å². The molecule has 1 rings (SSSR count). The van der Waals surface area contributed by atoms with Crippen LogP contribution in [0.1, 0.15) is 40.0 Å². The molecule has 0 bridgehead atoms. The van der Waals surface area contributed by atoms with Crippen molar-refractivity contribution < 1.29 is 14.7 Å². The van der Waals surface area contributed by atoms with Gasteiger partial charge in [0.05, 0.1) is 12.0 Å². The van der Waals surface area contributed by atoms with Crippen LogP contribution >= 0.6 is 0 Å². The Bertz CT molecular complexity index is 309. The fourth-order valence-corrected chi connectivity index (χ4v) is 2.02. The Morgan fingerprint density at radius 3 is 2.35 bits per heavy atom. The quantitative estimate of drug-likeness (QED) is 0.680. The van der Waals surface area contributed by atoms with Gasteiger partial charge in [0.25, 0.3) is 0 Å². The highest BCUT2D eigenvalue weighted by atomic mass is 16.4. The van der Waals surface area contributed by atoms with Gasteiger partial charge >= 0.3 is 5.97 Å². The molecule has 5 nitrogen and oxygen atoms in total. The van der Waals surface area contributed by atoms with Crippen LogP contribution in [0.4, 0.5) is 0 Å². The molecule has 1 aliphatic carbocycles. The van der Waals surface area contributed by atoms with E-state index in [2.05, 4.69) is 5.32 Å². The third-order valence-electron chi connectivity index (χ3n) is 3.34. The molecular formula is C12H22N2O3. The maximum absolute atomic E-state index is 11.8.